The highest BCUT2D eigenvalue weighted by Gasteiger charge is 2.20. The van der Waals surface area contributed by atoms with Crippen LogP contribution in [0.15, 0.2) is 24.3 Å². The molecule has 2 fully saturated rings. The number of hydrogen-bond donors (Lipinski definition) is 2. The summed E-state index contributed by atoms with van der Waals surface area (Å²) in [5, 5.41) is 6.08. The van der Waals surface area contributed by atoms with Crippen LogP contribution in [0, 0.1) is 5.92 Å². The lowest BCUT2D eigenvalue weighted by molar-refractivity contribution is -0.120. The summed E-state index contributed by atoms with van der Waals surface area (Å²) in [7, 11) is 2.07. The third kappa shape index (κ3) is 6.78. The molecule has 2 amide bonds. The number of thiocarbonyl (C=S) groups is 1. The molecular weight excluding hydrogens is 384 g/mol. The monoisotopic (exact) mass is 416 g/mol. The number of piperazine rings is 1. The van der Waals surface area contributed by atoms with E-state index in [1.807, 2.05) is 23.1 Å². The van der Waals surface area contributed by atoms with E-state index >= 15 is 0 Å². The second-order valence-electron chi connectivity index (χ2n) is 8.22. The molecule has 0 atom stereocenters. The van der Waals surface area contributed by atoms with E-state index in [4.69, 9.17) is 12.2 Å². The van der Waals surface area contributed by atoms with Crippen LogP contribution in [-0.2, 0) is 4.79 Å². The number of nitrogens with one attached hydrogen (secondary N) is 2. The minimum Gasteiger partial charge on any atom is -0.336 e. The summed E-state index contributed by atoms with van der Waals surface area (Å²) in [6.07, 6.45) is 7.82. The van der Waals surface area contributed by atoms with Crippen LogP contribution in [0.25, 0.3) is 0 Å². The maximum absolute atomic E-state index is 12.7. The first-order chi connectivity index (χ1) is 14.0. The summed E-state index contributed by atoms with van der Waals surface area (Å²) in [6, 6.07) is 7.29. The van der Waals surface area contributed by atoms with E-state index in [9.17, 15) is 9.59 Å². The first-order valence-electron chi connectivity index (χ1n) is 10.7. The Hall–Kier alpha value is -1.99. The van der Waals surface area contributed by atoms with Gasteiger partial charge in [0.25, 0.3) is 5.91 Å². The molecule has 1 aliphatic carbocycles. The number of rotatable bonds is 5. The van der Waals surface area contributed by atoms with Gasteiger partial charge in [0.2, 0.25) is 5.91 Å². The fraction of sp³-hybridized carbons (Fsp3) is 0.591. The quantitative estimate of drug-likeness (QED) is 0.722. The van der Waals surface area contributed by atoms with Crippen molar-refractivity contribution in [3.8, 4) is 0 Å². The van der Waals surface area contributed by atoms with Crippen LogP contribution in [0.3, 0.4) is 0 Å². The van der Waals surface area contributed by atoms with Gasteiger partial charge in [-0.3, -0.25) is 9.59 Å². The predicted octanol–water partition coefficient (Wildman–Crippen LogP) is 3.25. The van der Waals surface area contributed by atoms with Gasteiger partial charge in [0, 0.05) is 43.9 Å². The van der Waals surface area contributed by atoms with Gasteiger partial charge in [0.15, 0.2) is 5.11 Å². The zero-order valence-corrected chi connectivity index (χ0v) is 18.1. The minimum absolute atomic E-state index is 0.0317. The summed E-state index contributed by atoms with van der Waals surface area (Å²) < 4.78 is 0. The Morgan fingerprint density at radius 2 is 1.83 bits per heavy atom. The number of carbonyl (C=O) groups is 2. The van der Waals surface area contributed by atoms with Crippen molar-refractivity contribution in [1.82, 2.24) is 15.1 Å². The van der Waals surface area contributed by atoms with Crippen molar-refractivity contribution in [3.63, 3.8) is 0 Å². The van der Waals surface area contributed by atoms with Crippen molar-refractivity contribution in [3.05, 3.63) is 29.8 Å². The van der Waals surface area contributed by atoms with Crippen molar-refractivity contribution in [2.75, 3.05) is 38.5 Å². The van der Waals surface area contributed by atoms with E-state index in [2.05, 4.69) is 22.6 Å². The van der Waals surface area contributed by atoms with E-state index in [-0.39, 0.29) is 16.9 Å². The molecule has 1 heterocycles. The molecule has 1 saturated heterocycles. The summed E-state index contributed by atoms with van der Waals surface area (Å²) in [5.74, 6) is 0.662. The normalized spacial score (nSPS) is 18.3. The zero-order chi connectivity index (χ0) is 20.6. The topological polar surface area (TPSA) is 64.7 Å². The Morgan fingerprint density at radius 3 is 2.55 bits per heavy atom. The third-order valence-electron chi connectivity index (χ3n) is 5.92. The van der Waals surface area contributed by atoms with E-state index in [0.717, 1.165) is 32.6 Å². The molecule has 29 heavy (non-hydrogen) atoms. The minimum atomic E-state index is -0.0438. The van der Waals surface area contributed by atoms with Gasteiger partial charge in [-0.25, -0.2) is 0 Å². The van der Waals surface area contributed by atoms with Crippen molar-refractivity contribution in [2.45, 2.75) is 44.9 Å². The molecule has 0 unspecified atom stereocenters. The summed E-state index contributed by atoms with van der Waals surface area (Å²) >= 11 is 5.29. The molecular formula is C22H32N4O2S. The molecule has 0 radical (unpaired) electrons. The first-order valence-corrected chi connectivity index (χ1v) is 11.1. The van der Waals surface area contributed by atoms with Gasteiger partial charge in [-0.1, -0.05) is 38.2 Å². The van der Waals surface area contributed by atoms with E-state index in [1.54, 1.807) is 6.07 Å². The molecule has 2 N–H and O–H groups in total. The van der Waals surface area contributed by atoms with Crippen LogP contribution >= 0.6 is 12.2 Å². The Bertz CT molecular complexity index is 725. The number of carbonyl (C=O) groups excluding carboxylic acids is 2. The smallest absolute Gasteiger partial charge is 0.254 e. The summed E-state index contributed by atoms with van der Waals surface area (Å²) in [6.45, 7) is 3.26. The molecule has 1 aromatic carbocycles. The average molecular weight is 417 g/mol. The fourth-order valence-electron chi connectivity index (χ4n) is 4.08. The van der Waals surface area contributed by atoms with Gasteiger partial charge < -0.3 is 20.4 Å². The van der Waals surface area contributed by atoms with Crippen molar-refractivity contribution in [2.24, 2.45) is 5.92 Å². The number of anilines is 1. The van der Waals surface area contributed by atoms with Crippen LogP contribution < -0.4 is 10.6 Å². The summed E-state index contributed by atoms with van der Waals surface area (Å²) in [5.41, 5.74) is 1.34. The van der Waals surface area contributed by atoms with Gasteiger partial charge in [0.1, 0.15) is 0 Å². The number of benzene rings is 1. The second kappa shape index (κ2) is 10.7. The van der Waals surface area contributed by atoms with Gasteiger partial charge >= 0.3 is 0 Å². The van der Waals surface area contributed by atoms with Crippen molar-refractivity contribution in [1.29, 1.82) is 0 Å². The number of hydrogen-bond acceptors (Lipinski definition) is 4. The van der Waals surface area contributed by atoms with Crippen LogP contribution in [-0.4, -0.2) is 60.0 Å². The highest BCUT2D eigenvalue weighted by molar-refractivity contribution is 7.80. The van der Waals surface area contributed by atoms with Crippen LogP contribution in [0.4, 0.5) is 5.69 Å². The predicted molar refractivity (Wildman–Crippen MR) is 120 cm³/mol. The Labute approximate surface area is 179 Å². The Balaban J connectivity index is 1.46. The lowest BCUT2D eigenvalue weighted by Crippen LogP contribution is -2.47. The van der Waals surface area contributed by atoms with Gasteiger partial charge in [-0.2, -0.15) is 0 Å². The van der Waals surface area contributed by atoms with E-state index in [0.29, 0.717) is 23.6 Å². The molecule has 2 aliphatic rings. The second-order valence-corrected chi connectivity index (χ2v) is 8.63. The average Bonchev–Trinajstić information content (AvgIpc) is 2.73. The highest BCUT2D eigenvalue weighted by atomic mass is 32.1. The van der Waals surface area contributed by atoms with Crippen LogP contribution in [0.5, 0.6) is 0 Å². The third-order valence-corrected chi connectivity index (χ3v) is 6.12. The number of likely N-dealkylation sites (N-methyl/N-ethyl adjacent to an activating group) is 1. The Morgan fingerprint density at radius 1 is 1.10 bits per heavy atom. The standard InChI is InChI=1S/C22H32N4O2S/c1-25-12-14-26(15-13-25)21(28)18-8-5-9-19(16-18)23-22(29)24-20(27)11-10-17-6-3-2-4-7-17/h5,8-9,16-17H,2-4,6-7,10-15H2,1H3,(H2,23,24,27,29). The van der Waals surface area contributed by atoms with E-state index < -0.39 is 0 Å². The maximum atomic E-state index is 12.7. The highest BCUT2D eigenvalue weighted by Crippen LogP contribution is 2.27. The molecule has 1 saturated carbocycles. The van der Waals surface area contributed by atoms with Crippen LogP contribution in [0.1, 0.15) is 55.3 Å². The van der Waals surface area contributed by atoms with Gasteiger partial charge in [0.05, 0.1) is 0 Å². The SMILES string of the molecule is CN1CCN(C(=O)c2cccc(NC(=S)NC(=O)CCC3CCCCC3)c2)CC1. The summed E-state index contributed by atoms with van der Waals surface area (Å²) in [4.78, 5) is 29.0. The zero-order valence-electron chi connectivity index (χ0n) is 17.3. The Kier molecular flexibility index (Phi) is 8.00. The molecule has 0 spiro atoms. The fourth-order valence-corrected chi connectivity index (χ4v) is 4.32. The van der Waals surface area contributed by atoms with Crippen LogP contribution in [0.2, 0.25) is 0 Å². The molecule has 3 rings (SSSR count). The molecule has 6 nitrogen and oxygen atoms in total. The maximum Gasteiger partial charge on any atom is 0.254 e. The lowest BCUT2D eigenvalue weighted by Gasteiger charge is -2.32. The van der Waals surface area contributed by atoms with Crippen molar-refractivity contribution >= 4 is 34.8 Å². The van der Waals surface area contributed by atoms with Gasteiger partial charge in [-0.05, 0) is 49.8 Å². The number of amides is 2. The molecule has 158 valence electrons. The largest absolute Gasteiger partial charge is 0.336 e. The molecule has 0 aromatic heterocycles. The van der Waals surface area contributed by atoms with E-state index in [1.165, 1.54) is 32.1 Å². The molecule has 0 bridgehead atoms. The lowest BCUT2D eigenvalue weighted by atomic mass is 9.86. The van der Waals surface area contributed by atoms with Crippen molar-refractivity contribution < 1.29 is 9.59 Å². The van der Waals surface area contributed by atoms with Gasteiger partial charge in [-0.15, -0.1) is 0 Å². The first kappa shape index (κ1) is 21.7. The molecule has 7 heteroatoms. The number of nitrogens with zero attached hydrogens (tertiary/aromatic N) is 2. The molecule has 1 aliphatic heterocycles. The molecule has 1 aromatic rings.